The monoisotopic (exact) mass is 396 g/mol. The highest BCUT2D eigenvalue weighted by molar-refractivity contribution is 5.84. The van der Waals surface area contributed by atoms with Crippen molar-refractivity contribution in [3.8, 4) is 0 Å². The molecule has 1 saturated heterocycles. The fraction of sp³-hybridized carbons (Fsp3) is 0.259. The minimum absolute atomic E-state index is 0.0675. The molecule has 1 aliphatic heterocycles. The van der Waals surface area contributed by atoms with Crippen LogP contribution in [-0.4, -0.2) is 44.2 Å². The zero-order chi connectivity index (χ0) is 20.2. The van der Waals surface area contributed by atoms with E-state index in [9.17, 15) is 0 Å². The molecule has 0 spiro atoms. The third kappa shape index (κ3) is 4.24. The van der Waals surface area contributed by atoms with Crippen LogP contribution in [0.25, 0.3) is 21.5 Å². The highest BCUT2D eigenvalue weighted by Gasteiger charge is 2.17. The fourth-order valence-electron chi connectivity index (χ4n) is 4.36. The second kappa shape index (κ2) is 8.97. The summed E-state index contributed by atoms with van der Waals surface area (Å²) in [5.74, 6) is 0. The molecule has 0 unspecified atom stereocenters. The smallest absolute Gasteiger partial charge is 0.108 e. The highest BCUT2D eigenvalue weighted by Crippen LogP contribution is 2.30. The Labute approximate surface area is 178 Å². The molecule has 0 aliphatic carbocycles. The molecule has 0 amide bonds. The van der Waals surface area contributed by atoms with E-state index >= 15 is 0 Å². The molecule has 30 heavy (non-hydrogen) atoms. The number of piperazine rings is 1. The SMILES string of the molecule is c1ccc2cc(C(OCCN3CCNCC3)c3ccc4ccccc4c3)ccc2c1. The van der Waals surface area contributed by atoms with E-state index in [1.54, 1.807) is 0 Å². The van der Waals surface area contributed by atoms with Crippen LogP contribution < -0.4 is 5.32 Å². The summed E-state index contributed by atoms with van der Waals surface area (Å²) in [6.07, 6.45) is -0.0675. The summed E-state index contributed by atoms with van der Waals surface area (Å²) in [7, 11) is 0. The number of ether oxygens (including phenoxy) is 1. The van der Waals surface area contributed by atoms with Gasteiger partial charge in [-0.1, -0.05) is 72.8 Å². The maximum atomic E-state index is 6.55. The van der Waals surface area contributed by atoms with Crippen molar-refractivity contribution < 1.29 is 4.74 Å². The number of nitrogens with zero attached hydrogens (tertiary/aromatic N) is 1. The molecule has 4 aromatic rings. The van der Waals surface area contributed by atoms with Crippen LogP contribution >= 0.6 is 0 Å². The van der Waals surface area contributed by atoms with Gasteiger partial charge in [0.05, 0.1) is 6.61 Å². The Bertz CT molecular complexity index is 1050. The molecule has 3 nitrogen and oxygen atoms in total. The van der Waals surface area contributed by atoms with Crippen molar-refractivity contribution in [2.24, 2.45) is 0 Å². The standard InChI is InChI=1S/C27H28N2O/c1-3-7-23-19-25(11-9-21(23)5-1)27(30-18-17-29-15-13-28-14-16-29)26-12-10-22-6-2-4-8-24(22)20-26/h1-12,19-20,27-28H,13-18H2. The highest BCUT2D eigenvalue weighted by atomic mass is 16.5. The van der Waals surface area contributed by atoms with Crippen LogP contribution in [0, 0.1) is 0 Å². The average molecular weight is 397 g/mol. The van der Waals surface area contributed by atoms with Gasteiger partial charge in [0, 0.05) is 32.7 Å². The van der Waals surface area contributed by atoms with Crippen molar-refractivity contribution in [3.05, 3.63) is 96.1 Å². The third-order valence-corrected chi connectivity index (χ3v) is 6.05. The first-order valence-corrected chi connectivity index (χ1v) is 10.9. The van der Waals surface area contributed by atoms with Crippen LogP contribution in [0.2, 0.25) is 0 Å². The molecule has 0 bridgehead atoms. The Kier molecular flexibility index (Phi) is 5.76. The normalized spacial score (nSPS) is 15.2. The average Bonchev–Trinajstić information content (AvgIpc) is 2.82. The van der Waals surface area contributed by atoms with E-state index in [1.165, 1.54) is 32.7 Å². The molecular formula is C27H28N2O. The molecule has 1 N–H and O–H groups in total. The van der Waals surface area contributed by atoms with Gasteiger partial charge in [-0.15, -0.1) is 0 Å². The zero-order valence-electron chi connectivity index (χ0n) is 17.3. The van der Waals surface area contributed by atoms with Gasteiger partial charge < -0.3 is 10.1 Å². The van der Waals surface area contributed by atoms with Gasteiger partial charge in [0.1, 0.15) is 6.10 Å². The Morgan fingerprint density at radius 3 is 1.80 bits per heavy atom. The third-order valence-electron chi connectivity index (χ3n) is 6.05. The van der Waals surface area contributed by atoms with E-state index in [2.05, 4.69) is 95.1 Å². The largest absolute Gasteiger partial charge is 0.367 e. The van der Waals surface area contributed by atoms with Crippen molar-refractivity contribution in [2.45, 2.75) is 6.10 Å². The lowest BCUT2D eigenvalue weighted by Crippen LogP contribution is -2.44. The minimum atomic E-state index is -0.0675. The first-order chi connectivity index (χ1) is 14.9. The van der Waals surface area contributed by atoms with Crippen LogP contribution in [-0.2, 0) is 4.74 Å². The number of fused-ring (bicyclic) bond motifs is 2. The van der Waals surface area contributed by atoms with E-state index in [-0.39, 0.29) is 6.10 Å². The first-order valence-electron chi connectivity index (χ1n) is 10.9. The number of benzene rings is 4. The topological polar surface area (TPSA) is 24.5 Å². The Morgan fingerprint density at radius 1 is 0.700 bits per heavy atom. The summed E-state index contributed by atoms with van der Waals surface area (Å²) in [5, 5.41) is 8.46. The van der Waals surface area contributed by atoms with Crippen LogP contribution in [0.15, 0.2) is 84.9 Å². The number of hydrogen-bond donors (Lipinski definition) is 1. The van der Waals surface area contributed by atoms with Crippen LogP contribution in [0.1, 0.15) is 17.2 Å². The predicted octanol–water partition coefficient (Wildman–Crippen LogP) is 5.00. The van der Waals surface area contributed by atoms with Crippen LogP contribution in [0.3, 0.4) is 0 Å². The first kappa shape index (κ1) is 19.3. The van der Waals surface area contributed by atoms with Crippen molar-refractivity contribution in [1.82, 2.24) is 10.2 Å². The maximum Gasteiger partial charge on any atom is 0.108 e. The maximum absolute atomic E-state index is 6.55. The van der Waals surface area contributed by atoms with Gasteiger partial charge >= 0.3 is 0 Å². The van der Waals surface area contributed by atoms with E-state index < -0.39 is 0 Å². The molecule has 4 aromatic carbocycles. The van der Waals surface area contributed by atoms with E-state index in [4.69, 9.17) is 4.74 Å². The van der Waals surface area contributed by atoms with Gasteiger partial charge in [-0.2, -0.15) is 0 Å². The Balaban J connectivity index is 1.45. The Hall–Kier alpha value is -2.72. The molecule has 1 fully saturated rings. The number of hydrogen-bond acceptors (Lipinski definition) is 3. The summed E-state index contributed by atoms with van der Waals surface area (Å²) >= 11 is 0. The summed E-state index contributed by atoms with van der Waals surface area (Å²) in [6.45, 7) is 6.03. The molecule has 0 radical (unpaired) electrons. The molecule has 0 aromatic heterocycles. The summed E-state index contributed by atoms with van der Waals surface area (Å²) in [4.78, 5) is 2.48. The molecule has 1 aliphatic rings. The van der Waals surface area contributed by atoms with Crippen molar-refractivity contribution in [3.63, 3.8) is 0 Å². The van der Waals surface area contributed by atoms with Gasteiger partial charge in [-0.3, -0.25) is 4.90 Å². The summed E-state index contributed by atoms with van der Waals surface area (Å²) in [5.41, 5.74) is 2.42. The molecule has 3 heteroatoms. The van der Waals surface area contributed by atoms with E-state index in [1.807, 2.05) is 0 Å². The lowest BCUT2D eigenvalue weighted by molar-refractivity contribution is 0.0574. The van der Waals surface area contributed by atoms with Gasteiger partial charge in [0.25, 0.3) is 0 Å². The van der Waals surface area contributed by atoms with Gasteiger partial charge in [0.2, 0.25) is 0 Å². The van der Waals surface area contributed by atoms with Crippen molar-refractivity contribution in [1.29, 1.82) is 0 Å². The van der Waals surface area contributed by atoms with Crippen molar-refractivity contribution >= 4 is 21.5 Å². The lowest BCUT2D eigenvalue weighted by atomic mass is 9.96. The van der Waals surface area contributed by atoms with Gasteiger partial charge in [-0.05, 0) is 44.8 Å². The summed E-state index contributed by atoms with van der Waals surface area (Å²) < 4.78 is 6.55. The van der Waals surface area contributed by atoms with Gasteiger partial charge in [0.15, 0.2) is 0 Å². The minimum Gasteiger partial charge on any atom is -0.367 e. The van der Waals surface area contributed by atoms with Crippen LogP contribution in [0.4, 0.5) is 0 Å². The quantitative estimate of drug-likeness (QED) is 0.496. The number of rotatable bonds is 6. The molecule has 152 valence electrons. The lowest BCUT2D eigenvalue weighted by Gasteiger charge is -2.28. The molecule has 0 atom stereocenters. The fourth-order valence-corrected chi connectivity index (χ4v) is 4.36. The molecular weight excluding hydrogens is 368 g/mol. The molecule has 0 saturated carbocycles. The molecule has 1 heterocycles. The predicted molar refractivity (Wildman–Crippen MR) is 125 cm³/mol. The van der Waals surface area contributed by atoms with E-state index in [0.717, 1.165) is 39.3 Å². The Morgan fingerprint density at radius 2 is 1.23 bits per heavy atom. The number of nitrogens with one attached hydrogen (secondary N) is 1. The second-order valence-electron chi connectivity index (χ2n) is 8.06. The van der Waals surface area contributed by atoms with Crippen LogP contribution in [0.5, 0.6) is 0 Å². The summed E-state index contributed by atoms with van der Waals surface area (Å²) in [6, 6.07) is 30.5. The van der Waals surface area contributed by atoms with Gasteiger partial charge in [-0.25, -0.2) is 0 Å². The second-order valence-corrected chi connectivity index (χ2v) is 8.06. The van der Waals surface area contributed by atoms with Crippen molar-refractivity contribution in [2.75, 3.05) is 39.3 Å². The molecule has 5 rings (SSSR count). The zero-order valence-corrected chi connectivity index (χ0v) is 17.3. The van der Waals surface area contributed by atoms with E-state index in [0.29, 0.717) is 0 Å².